The summed E-state index contributed by atoms with van der Waals surface area (Å²) in [4.78, 5) is 10.4. The van der Waals surface area contributed by atoms with E-state index in [1.807, 2.05) is 0 Å². The van der Waals surface area contributed by atoms with Crippen LogP contribution in [0.15, 0.2) is 30.3 Å². The SMILES string of the molecule is C[C@H](NCC(F)(F)c1ccccc1)C(=O)O. The Kier molecular flexibility index (Phi) is 3.95. The lowest BCUT2D eigenvalue weighted by atomic mass is 10.1. The largest absolute Gasteiger partial charge is 0.480 e. The highest BCUT2D eigenvalue weighted by molar-refractivity contribution is 5.72. The van der Waals surface area contributed by atoms with Crippen molar-refractivity contribution in [1.82, 2.24) is 5.32 Å². The highest BCUT2D eigenvalue weighted by Crippen LogP contribution is 2.26. The molecule has 1 aromatic carbocycles. The zero-order valence-corrected chi connectivity index (χ0v) is 8.78. The second-order valence-corrected chi connectivity index (χ2v) is 3.51. The van der Waals surface area contributed by atoms with Crippen LogP contribution in [0.5, 0.6) is 0 Å². The van der Waals surface area contributed by atoms with Crippen molar-refractivity contribution in [2.75, 3.05) is 6.54 Å². The monoisotopic (exact) mass is 229 g/mol. The Balaban J connectivity index is 2.62. The summed E-state index contributed by atoms with van der Waals surface area (Å²) in [5.41, 5.74) is -0.125. The molecule has 3 nitrogen and oxygen atoms in total. The van der Waals surface area contributed by atoms with Crippen molar-refractivity contribution in [3.8, 4) is 0 Å². The third-order valence-corrected chi connectivity index (χ3v) is 2.20. The number of nitrogens with one attached hydrogen (secondary N) is 1. The number of hydrogen-bond acceptors (Lipinski definition) is 2. The van der Waals surface area contributed by atoms with E-state index >= 15 is 0 Å². The predicted molar refractivity (Wildman–Crippen MR) is 55.4 cm³/mol. The molecule has 0 amide bonds. The van der Waals surface area contributed by atoms with Gasteiger partial charge >= 0.3 is 5.97 Å². The molecule has 16 heavy (non-hydrogen) atoms. The van der Waals surface area contributed by atoms with Gasteiger partial charge in [-0.15, -0.1) is 0 Å². The second-order valence-electron chi connectivity index (χ2n) is 3.51. The van der Waals surface area contributed by atoms with Gasteiger partial charge in [-0.3, -0.25) is 10.1 Å². The molecule has 0 unspecified atom stereocenters. The minimum absolute atomic E-state index is 0.125. The van der Waals surface area contributed by atoms with Gasteiger partial charge in [0.2, 0.25) is 0 Å². The zero-order chi connectivity index (χ0) is 12.2. The van der Waals surface area contributed by atoms with Crippen LogP contribution in [0.25, 0.3) is 0 Å². The fraction of sp³-hybridized carbons (Fsp3) is 0.364. The van der Waals surface area contributed by atoms with Crippen LogP contribution in [0, 0.1) is 0 Å². The van der Waals surface area contributed by atoms with E-state index in [4.69, 9.17) is 5.11 Å². The van der Waals surface area contributed by atoms with Gasteiger partial charge in [-0.25, -0.2) is 0 Å². The summed E-state index contributed by atoms with van der Waals surface area (Å²) in [5.74, 6) is -4.21. The average Bonchev–Trinajstić information content (AvgIpc) is 2.27. The van der Waals surface area contributed by atoms with Gasteiger partial charge in [0.15, 0.2) is 0 Å². The summed E-state index contributed by atoms with van der Waals surface area (Å²) in [5, 5.41) is 10.8. The number of aliphatic carboxylic acids is 1. The van der Waals surface area contributed by atoms with Gasteiger partial charge in [0, 0.05) is 5.56 Å². The van der Waals surface area contributed by atoms with Gasteiger partial charge in [0.1, 0.15) is 6.04 Å². The summed E-state index contributed by atoms with van der Waals surface area (Å²) >= 11 is 0. The smallest absolute Gasteiger partial charge is 0.320 e. The van der Waals surface area contributed by atoms with Crippen LogP contribution in [-0.2, 0) is 10.7 Å². The molecule has 1 atom stereocenters. The van der Waals surface area contributed by atoms with Gasteiger partial charge in [-0.2, -0.15) is 8.78 Å². The number of halogens is 2. The van der Waals surface area contributed by atoms with E-state index in [-0.39, 0.29) is 5.56 Å². The minimum atomic E-state index is -3.06. The molecular weight excluding hydrogens is 216 g/mol. The molecule has 2 N–H and O–H groups in total. The highest BCUT2D eigenvalue weighted by atomic mass is 19.3. The van der Waals surface area contributed by atoms with Crippen LogP contribution in [0.4, 0.5) is 8.78 Å². The summed E-state index contributed by atoms with van der Waals surface area (Å²) < 4.78 is 27.0. The first-order valence-electron chi connectivity index (χ1n) is 4.83. The summed E-state index contributed by atoms with van der Waals surface area (Å²) in [7, 11) is 0. The van der Waals surface area contributed by atoms with Crippen molar-refractivity contribution in [3.05, 3.63) is 35.9 Å². The summed E-state index contributed by atoms with van der Waals surface area (Å²) in [6.45, 7) is 0.633. The topological polar surface area (TPSA) is 49.3 Å². The van der Waals surface area contributed by atoms with Gasteiger partial charge in [-0.05, 0) is 6.92 Å². The highest BCUT2D eigenvalue weighted by Gasteiger charge is 2.31. The van der Waals surface area contributed by atoms with Gasteiger partial charge in [0.05, 0.1) is 6.54 Å². The minimum Gasteiger partial charge on any atom is -0.480 e. The van der Waals surface area contributed by atoms with Crippen molar-refractivity contribution in [2.45, 2.75) is 18.9 Å². The van der Waals surface area contributed by atoms with E-state index in [1.54, 1.807) is 6.07 Å². The molecule has 0 aromatic heterocycles. The number of carboxylic acids is 1. The van der Waals surface area contributed by atoms with Crippen molar-refractivity contribution >= 4 is 5.97 Å². The number of carboxylic acid groups (broad SMARTS) is 1. The Hall–Kier alpha value is -1.49. The van der Waals surface area contributed by atoms with E-state index in [1.165, 1.54) is 31.2 Å². The molecule has 0 aliphatic rings. The normalized spacial score (nSPS) is 13.4. The van der Waals surface area contributed by atoms with Crippen LogP contribution >= 0.6 is 0 Å². The fourth-order valence-corrected chi connectivity index (χ4v) is 1.15. The molecule has 0 bridgehead atoms. The third kappa shape index (κ3) is 3.27. The molecule has 0 radical (unpaired) electrons. The van der Waals surface area contributed by atoms with Crippen molar-refractivity contribution in [3.63, 3.8) is 0 Å². The van der Waals surface area contributed by atoms with E-state index in [0.29, 0.717) is 0 Å². The van der Waals surface area contributed by atoms with Crippen LogP contribution in [0.2, 0.25) is 0 Å². The van der Waals surface area contributed by atoms with Crippen LogP contribution in [0.1, 0.15) is 12.5 Å². The maximum absolute atomic E-state index is 13.5. The fourth-order valence-electron chi connectivity index (χ4n) is 1.15. The maximum Gasteiger partial charge on any atom is 0.320 e. The molecule has 1 rings (SSSR count). The molecule has 0 spiro atoms. The standard InChI is InChI=1S/C11H13F2NO2/c1-8(10(15)16)14-7-11(12,13)9-5-3-2-4-6-9/h2-6,8,14H,7H2,1H3,(H,15,16)/t8-/m0/s1. The molecule has 88 valence electrons. The van der Waals surface area contributed by atoms with Gasteiger partial charge in [-0.1, -0.05) is 30.3 Å². The number of carbonyl (C=O) groups is 1. The Morgan fingerprint density at radius 2 is 2.00 bits per heavy atom. The number of hydrogen-bond donors (Lipinski definition) is 2. The molecule has 0 heterocycles. The van der Waals surface area contributed by atoms with Crippen molar-refractivity contribution < 1.29 is 18.7 Å². The first-order chi connectivity index (χ1) is 7.43. The number of rotatable bonds is 5. The van der Waals surface area contributed by atoms with E-state index in [2.05, 4.69) is 5.32 Å². The molecule has 0 saturated carbocycles. The first-order valence-corrected chi connectivity index (χ1v) is 4.83. The van der Waals surface area contributed by atoms with Crippen LogP contribution in [-0.4, -0.2) is 23.7 Å². The Morgan fingerprint density at radius 3 is 2.50 bits per heavy atom. The summed E-state index contributed by atoms with van der Waals surface area (Å²) in [6, 6.07) is 6.32. The molecule has 5 heteroatoms. The third-order valence-electron chi connectivity index (χ3n) is 2.20. The Bertz CT molecular complexity index is 354. The zero-order valence-electron chi connectivity index (χ0n) is 8.78. The lowest BCUT2D eigenvalue weighted by molar-refractivity contribution is -0.139. The van der Waals surface area contributed by atoms with Crippen molar-refractivity contribution in [1.29, 1.82) is 0 Å². The molecule has 0 aliphatic heterocycles. The summed E-state index contributed by atoms with van der Waals surface area (Å²) in [6.07, 6.45) is 0. The van der Waals surface area contributed by atoms with E-state index in [9.17, 15) is 13.6 Å². The Labute approximate surface area is 92.1 Å². The van der Waals surface area contributed by atoms with Crippen LogP contribution in [0.3, 0.4) is 0 Å². The molecule has 0 fully saturated rings. The molecule has 1 aromatic rings. The van der Waals surface area contributed by atoms with Gasteiger partial charge < -0.3 is 5.11 Å². The number of benzene rings is 1. The molecular formula is C11H13F2NO2. The van der Waals surface area contributed by atoms with Crippen molar-refractivity contribution in [2.24, 2.45) is 0 Å². The van der Waals surface area contributed by atoms with E-state index in [0.717, 1.165) is 0 Å². The quantitative estimate of drug-likeness (QED) is 0.810. The lowest BCUT2D eigenvalue weighted by Crippen LogP contribution is -2.40. The average molecular weight is 229 g/mol. The second kappa shape index (κ2) is 5.03. The first kappa shape index (κ1) is 12.6. The maximum atomic E-state index is 13.5. The van der Waals surface area contributed by atoms with Gasteiger partial charge in [0.25, 0.3) is 5.92 Å². The predicted octanol–water partition coefficient (Wildman–Crippen LogP) is 1.84. The molecule has 0 saturated heterocycles. The van der Waals surface area contributed by atoms with E-state index < -0.39 is 24.5 Å². The lowest BCUT2D eigenvalue weighted by Gasteiger charge is -2.19. The Morgan fingerprint density at radius 1 is 1.44 bits per heavy atom. The molecule has 0 aliphatic carbocycles. The number of alkyl halides is 2. The van der Waals surface area contributed by atoms with Crippen LogP contribution < -0.4 is 5.32 Å².